The SMILES string of the molecule is CC(C)(C)n1c(-c2cc(Cl)cc(Cl)c2)nnc1S(N)(=O)=O. The first-order chi connectivity index (χ1) is 9.50. The summed E-state index contributed by atoms with van der Waals surface area (Å²) in [6.45, 7) is 5.46. The summed E-state index contributed by atoms with van der Waals surface area (Å²) in [7, 11) is -4.00. The summed E-state index contributed by atoms with van der Waals surface area (Å²) in [6, 6.07) is 4.84. The van der Waals surface area contributed by atoms with Crippen molar-refractivity contribution in [1.82, 2.24) is 14.8 Å². The van der Waals surface area contributed by atoms with Crippen LogP contribution in [0.2, 0.25) is 10.0 Å². The Balaban J connectivity index is 2.79. The van der Waals surface area contributed by atoms with Gasteiger partial charge in [0, 0.05) is 21.1 Å². The van der Waals surface area contributed by atoms with E-state index in [1.165, 1.54) is 4.57 Å². The third-order valence-electron chi connectivity index (χ3n) is 2.68. The van der Waals surface area contributed by atoms with Crippen molar-refractivity contribution in [1.29, 1.82) is 0 Å². The molecule has 0 amide bonds. The minimum atomic E-state index is -4.00. The second-order valence-corrected chi connectivity index (χ2v) is 7.84. The number of hydrogen-bond acceptors (Lipinski definition) is 4. The van der Waals surface area contributed by atoms with Gasteiger partial charge in [0.25, 0.3) is 15.2 Å². The van der Waals surface area contributed by atoms with Crippen molar-refractivity contribution in [2.24, 2.45) is 5.14 Å². The molecule has 0 aliphatic rings. The van der Waals surface area contributed by atoms with Gasteiger partial charge in [0.15, 0.2) is 5.82 Å². The highest BCUT2D eigenvalue weighted by atomic mass is 35.5. The monoisotopic (exact) mass is 348 g/mol. The minimum Gasteiger partial charge on any atom is -0.291 e. The lowest BCUT2D eigenvalue weighted by molar-refractivity contribution is 0.366. The van der Waals surface area contributed by atoms with Gasteiger partial charge in [0.1, 0.15) is 0 Å². The molecule has 0 aliphatic heterocycles. The zero-order valence-electron chi connectivity index (χ0n) is 11.6. The highest BCUT2D eigenvalue weighted by Gasteiger charge is 2.29. The van der Waals surface area contributed by atoms with Crippen LogP contribution in [0, 0.1) is 0 Å². The summed E-state index contributed by atoms with van der Waals surface area (Å²) in [5.74, 6) is 0.330. The molecule has 0 unspecified atom stereocenters. The maximum absolute atomic E-state index is 11.7. The summed E-state index contributed by atoms with van der Waals surface area (Å²) < 4.78 is 24.8. The van der Waals surface area contributed by atoms with E-state index in [-0.39, 0.29) is 5.16 Å². The molecular formula is C12H14Cl2N4O2S. The molecule has 114 valence electrons. The summed E-state index contributed by atoms with van der Waals surface area (Å²) in [5, 5.41) is 13.4. The van der Waals surface area contributed by atoms with Crippen LogP contribution in [0.4, 0.5) is 0 Å². The third kappa shape index (κ3) is 3.37. The molecule has 1 aromatic carbocycles. The van der Waals surface area contributed by atoms with Gasteiger partial charge < -0.3 is 0 Å². The van der Waals surface area contributed by atoms with Gasteiger partial charge >= 0.3 is 0 Å². The van der Waals surface area contributed by atoms with Crippen molar-refractivity contribution >= 4 is 33.2 Å². The molecule has 0 aliphatic carbocycles. The fourth-order valence-electron chi connectivity index (χ4n) is 1.93. The Labute approximate surface area is 132 Å². The standard InChI is InChI=1S/C12H14Cl2N4O2S/c1-12(2,3)18-10(16-17-11(18)21(15,19)20)7-4-8(13)6-9(14)5-7/h4-6H,1-3H3,(H2,15,19,20). The normalized spacial score (nSPS) is 12.7. The predicted octanol–water partition coefficient (Wildman–Crippen LogP) is 2.65. The number of nitrogens with zero attached hydrogens (tertiary/aromatic N) is 3. The third-order valence-corrected chi connectivity index (χ3v) is 3.89. The zero-order valence-corrected chi connectivity index (χ0v) is 14.0. The number of aromatic nitrogens is 3. The van der Waals surface area contributed by atoms with Gasteiger partial charge in [-0.3, -0.25) is 4.57 Å². The van der Waals surface area contributed by atoms with E-state index in [1.807, 2.05) is 20.8 Å². The summed E-state index contributed by atoms with van der Waals surface area (Å²) in [5.41, 5.74) is -0.0418. The van der Waals surface area contributed by atoms with E-state index in [0.29, 0.717) is 21.4 Å². The molecule has 2 rings (SSSR count). The van der Waals surface area contributed by atoms with Crippen molar-refractivity contribution in [2.75, 3.05) is 0 Å². The Morgan fingerprint density at radius 2 is 1.62 bits per heavy atom. The molecule has 0 saturated carbocycles. The highest BCUT2D eigenvalue weighted by molar-refractivity contribution is 7.89. The van der Waals surface area contributed by atoms with Crippen LogP contribution in [0.5, 0.6) is 0 Å². The fraction of sp³-hybridized carbons (Fsp3) is 0.333. The average Bonchev–Trinajstić information content (AvgIpc) is 2.70. The van der Waals surface area contributed by atoms with Gasteiger partial charge in [0.2, 0.25) is 0 Å². The Morgan fingerprint density at radius 1 is 1.10 bits per heavy atom. The van der Waals surface area contributed by atoms with Gasteiger partial charge in [-0.25, -0.2) is 13.6 Å². The topological polar surface area (TPSA) is 90.9 Å². The van der Waals surface area contributed by atoms with Crippen LogP contribution in [0.15, 0.2) is 23.4 Å². The van der Waals surface area contributed by atoms with Crippen LogP contribution in [0.1, 0.15) is 20.8 Å². The van der Waals surface area contributed by atoms with Gasteiger partial charge in [-0.05, 0) is 39.0 Å². The smallest absolute Gasteiger partial charge is 0.273 e. The number of sulfonamides is 1. The molecule has 21 heavy (non-hydrogen) atoms. The van der Waals surface area contributed by atoms with E-state index < -0.39 is 15.6 Å². The molecule has 0 saturated heterocycles. The van der Waals surface area contributed by atoms with E-state index in [4.69, 9.17) is 28.3 Å². The Hall–Kier alpha value is -1.15. The maximum atomic E-state index is 11.7. The molecule has 0 atom stereocenters. The van der Waals surface area contributed by atoms with E-state index >= 15 is 0 Å². The summed E-state index contributed by atoms with van der Waals surface area (Å²) >= 11 is 12.0. The van der Waals surface area contributed by atoms with Crippen LogP contribution in [-0.2, 0) is 15.6 Å². The highest BCUT2D eigenvalue weighted by Crippen LogP contribution is 2.31. The number of hydrogen-bond donors (Lipinski definition) is 1. The van der Waals surface area contributed by atoms with Crippen LogP contribution < -0.4 is 5.14 Å². The number of rotatable bonds is 2. The predicted molar refractivity (Wildman–Crippen MR) is 81.8 cm³/mol. The first-order valence-corrected chi connectivity index (χ1v) is 8.25. The van der Waals surface area contributed by atoms with Crippen molar-refractivity contribution in [3.05, 3.63) is 28.2 Å². The molecular weight excluding hydrogens is 335 g/mol. The van der Waals surface area contributed by atoms with Crippen LogP contribution in [0.3, 0.4) is 0 Å². The Kier molecular flexibility index (Phi) is 4.05. The van der Waals surface area contributed by atoms with Crippen molar-refractivity contribution in [2.45, 2.75) is 31.5 Å². The fourth-order valence-corrected chi connectivity index (χ4v) is 3.22. The van der Waals surface area contributed by atoms with E-state index in [2.05, 4.69) is 10.2 Å². The Bertz CT molecular complexity index is 774. The second-order valence-electron chi connectivity index (χ2n) is 5.52. The molecule has 9 heteroatoms. The molecule has 2 N–H and O–H groups in total. The quantitative estimate of drug-likeness (QED) is 0.902. The molecule has 2 aromatic rings. The zero-order chi connectivity index (χ0) is 16.0. The average molecular weight is 349 g/mol. The lowest BCUT2D eigenvalue weighted by atomic mass is 10.1. The van der Waals surface area contributed by atoms with Crippen molar-refractivity contribution in [3.8, 4) is 11.4 Å². The summed E-state index contributed by atoms with van der Waals surface area (Å²) in [6.07, 6.45) is 0. The van der Waals surface area contributed by atoms with Gasteiger partial charge in [0.05, 0.1) is 0 Å². The van der Waals surface area contributed by atoms with Crippen molar-refractivity contribution in [3.63, 3.8) is 0 Å². The number of nitrogens with two attached hydrogens (primary N) is 1. The largest absolute Gasteiger partial charge is 0.291 e. The van der Waals surface area contributed by atoms with Crippen LogP contribution in [0.25, 0.3) is 11.4 Å². The molecule has 0 radical (unpaired) electrons. The minimum absolute atomic E-state index is 0.305. The van der Waals surface area contributed by atoms with Gasteiger partial charge in [-0.15, -0.1) is 10.2 Å². The molecule has 0 fully saturated rings. The van der Waals surface area contributed by atoms with Crippen LogP contribution in [-0.4, -0.2) is 23.2 Å². The lowest BCUT2D eigenvalue weighted by Crippen LogP contribution is -2.29. The molecule has 0 spiro atoms. The molecule has 6 nitrogen and oxygen atoms in total. The molecule has 1 heterocycles. The van der Waals surface area contributed by atoms with Gasteiger partial charge in [-0.1, -0.05) is 23.2 Å². The number of primary sulfonamides is 1. The van der Waals surface area contributed by atoms with Gasteiger partial charge in [-0.2, -0.15) is 0 Å². The number of halogens is 2. The maximum Gasteiger partial charge on any atom is 0.273 e. The second kappa shape index (κ2) is 5.24. The number of benzene rings is 1. The lowest BCUT2D eigenvalue weighted by Gasteiger charge is -2.24. The molecule has 1 aromatic heterocycles. The van der Waals surface area contributed by atoms with Crippen molar-refractivity contribution < 1.29 is 8.42 Å². The van der Waals surface area contributed by atoms with E-state index in [0.717, 1.165) is 0 Å². The molecule has 0 bridgehead atoms. The first-order valence-electron chi connectivity index (χ1n) is 5.95. The van der Waals surface area contributed by atoms with E-state index in [9.17, 15) is 8.42 Å². The Morgan fingerprint density at radius 3 is 2.05 bits per heavy atom. The summed E-state index contributed by atoms with van der Waals surface area (Å²) in [4.78, 5) is 0. The first kappa shape index (κ1) is 16.2. The van der Waals surface area contributed by atoms with Crippen LogP contribution >= 0.6 is 23.2 Å². The van der Waals surface area contributed by atoms with E-state index in [1.54, 1.807) is 18.2 Å².